The molecule has 5 heteroatoms. The molecule has 3 unspecified atom stereocenters. The van der Waals surface area contributed by atoms with Crippen LogP contribution in [0, 0.1) is 23.7 Å². The Morgan fingerprint density at radius 3 is 2.47 bits per heavy atom. The number of hydrogen-bond donors (Lipinski definition) is 1. The van der Waals surface area contributed by atoms with Gasteiger partial charge in [0.1, 0.15) is 6.54 Å². The van der Waals surface area contributed by atoms with Gasteiger partial charge in [-0.05, 0) is 24.3 Å². The maximum absolute atomic E-state index is 13.1. The van der Waals surface area contributed by atoms with E-state index in [0.29, 0.717) is 24.4 Å². The molecule has 3 fully saturated rings. The highest BCUT2D eigenvalue weighted by molar-refractivity contribution is 7.10. The number of carbonyl (C=O) groups is 1. The normalized spacial score (nSPS) is 32.5. The number of quaternary nitrogens is 1. The van der Waals surface area contributed by atoms with Gasteiger partial charge in [-0.3, -0.25) is 0 Å². The third-order valence-corrected chi connectivity index (χ3v) is 8.77. The summed E-state index contributed by atoms with van der Waals surface area (Å²) in [5.74, 6) is 1.31. The fourth-order valence-corrected chi connectivity index (χ4v) is 7.04. The molecule has 1 aromatic carbocycles. The van der Waals surface area contributed by atoms with Gasteiger partial charge in [-0.2, -0.15) is 0 Å². The molecule has 4 nitrogen and oxygen atoms in total. The quantitative estimate of drug-likeness (QED) is 0.533. The second kappa shape index (κ2) is 7.77. The standard InChI is InChI=1S/C25H32NO3S/c1-26(14-18-8-3-2-4-9-18)15-20-21(16-26)22(20)17-29-24(27)25(28,19-10-5-6-11-19)23-12-7-13-30-23/h2-4,7-9,12-13,19-22,28H,5-6,10-11,14-17H2,1H3/q+1. The average molecular weight is 427 g/mol. The molecule has 1 aliphatic heterocycles. The summed E-state index contributed by atoms with van der Waals surface area (Å²) in [5, 5.41) is 13.4. The van der Waals surface area contributed by atoms with E-state index in [1.807, 2.05) is 17.5 Å². The number of thiophene rings is 1. The van der Waals surface area contributed by atoms with Gasteiger partial charge in [0.2, 0.25) is 0 Å². The highest BCUT2D eigenvalue weighted by atomic mass is 32.1. The molecule has 30 heavy (non-hydrogen) atoms. The van der Waals surface area contributed by atoms with Gasteiger partial charge in [0.05, 0.1) is 26.7 Å². The number of likely N-dealkylation sites (tertiary alicyclic amines) is 1. The van der Waals surface area contributed by atoms with Gasteiger partial charge < -0.3 is 14.3 Å². The van der Waals surface area contributed by atoms with Gasteiger partial charge in [0.15, 0.2) is 5.60 Å². The summed E-state index contributed by atoms with van der Waals surface area (Å²) in [5.41, 5.74) is -0.0751. The number of esters is 1. The van der Waals surface area contributed by atoms with Crippen LogP contribution >= 0.6 is 11.3 Å². The molecule has 0 radical (unpaired) electrons. The fourth-order valence-electron chi connectivity index (χ4n) is 6.15. The van der Waals surface area contributed by atoms with E-state index in [0.717, 1.165) is 54.7 Å². The maximum atomic E-state index is 13.1. The lowest BCUT2D eigenvalue weighted by Crippen LogP contribution is -2.44. The summed E-state index contributed by atoms with van der Waals surface area (Å²) >= 11 is 1.46. The lowest BCUT2D eigenvalue weighted by molar-refractivity contribution is -0.916. The molecule has 1 saturated heterocycles. The van der Waals surface area contributed by atoms with Crippen LogP contribution in [0.5, 0.6) is 0 Å². The van der Waals surface area contributed by atoms with Crippen LogP contribution in [0.15, 0.2) is 47.8 Å². The Morgan fingerprint density at radius 2 is 1.83 bits per heavy atom. The lowest BCUT2D eigenvalue weighted by Gasteiger charge is -2.33. The summed E-state index contributed by atoms with van der Waals surface area (Å²) in [7, 11) is 2.35. The molecule has 2 heterocycles. The third-order valence-electron chi connectivity index (χ3n) is 7.78. The Kier molecular flexibility index (Phi) is 5.24. The second-order valence-corrected chi connectivity index (χ2v) is 10.9. The van der Waals surface area contributed by atoms with Crippen LogP contribution in [0.2, 0.25) is 0 Å². The number of ether oxygens (including phenoxy) is 1. The summed E-state index contributed by atoms with van der Waals surface area (Å²) in [4.78, 5) is 13.8. The van der Waals surface area contributed by atoms with Crippen LogP contribution < -0.4 is 0 Å². The van der Waals surface area contributed by atoms with Gasteiger partial charge in [0.25, 0.3) is 0 Å². The molecule has 160 valence electrons. The van der Waals surface area contributed by atoms with Gasteiger partial charge in [-0.1, -0.05) is 49.2 Å². The Morgan fingerprint density at radius 1 is 1.13 bits per heavy atom. The Labute approximate surface area is 183 Å². The van der Waals surface area contributed by atoms with Crippen molar-refractivity contribution in [3.05, 3.63) is 58.3 Å². The predicted octanol–water partition coefficient (Wildman–Crippen LogP) is 4.19. The van der Waals surface area contributed by atoms with Crippen molar-refractivity contribution in [1.29, 1.82) is 0 Å². The summed E-state index contributed by atoms with van der Waals surface area (Å²) in [6, 6.07) is 14.5. The predicted molar refractivity (Wildman–Crippen MR) is 118 cm³/mol. The molecule has 0 bridgehead atoms. The first-order chi connectivity index (χ1) is 14.5. The van der Waals surface area contributed by atoms with Crippen LogP contribution in [0.3, 0.4) is 0 Å². The van der Waals surface area contributed by atoms with Gasteiger partial charge in [-0.25, -0.2) is 4.79 Å². The molecule has 5 rings (SSSR count). The van der Waals surface area contributed by atoms with Crippen molar-refractivity contribution in [1.82, 2.24) is 0 Å². The van der Waals surface area contributed by atoms with Crippen molar-refractivity contribution in [2.45, 2.75) is 37.8 Å². The number of benzene rings is 1. The zero-order valence-corrected chi connectivity index (χ0v) is 18.5. The fraction of sp³-hybridized carbons (Fsp3) is 0.560. The second-order valence-electron chi connectivity index (χ2n) is 9.94. The molecule has 1 N–H and O–H groups in total. The van der Waals surface area contributed by atoms with Crippen molar-refractivity contribution in [2.24, 2.45) is 23.7 Å². The molecule has 2 saturated carbocycles. The Hall–Kier alpha value is -1.69. The van der Waals surface area contributed by atoms with Crippen LogP contribution in [-0.2, 0) is 21.7 Å². The minimum Gasteiger partial charge on any atom is -0.463 e. The molecule has 2 aromatic rings. The minimum absolute atomic E-state index is 0.0202. The van der Waals surface area contributed by atoms with Gasteiger partial charge in [0, 0.05) is 34.1 Å². The molecule has 2 aliphatic carbocycles. The number of fused-ring (bicyclic) bond motifs is 1. The summed E-state index contributed by atoms with van der Waals surface area (Å²) < 4.78 is 6.88. The van der Waals surface area contributed by atoms with Crippen LogP contribution in [0.25, 0.3) is 0 Å². The van der Waals surface area contributed by atoms with E-state index < -0.39 is 11.6 Å². The number of carbonyl (C=O) groups excluding carboxylic acids is 1. The summed E-state index contributed by atoms with van der Waals surface area (Å²) in [6.45, 7) is 3.83. The Bertz CT molecular complexity index is 865. The van der Waals surface area contributed by atoms with Crippen LogP contribution in [0.4, 0.5) is 0 Å². The van der Waals surface area contributed by atoms with E-state index in [-0.39, 0.29) is 5.92 Å². The lowest BCUT2D eigenvalue weighted by atomic mass is 9.84. The van der Waals surface area contributed by atoms with Crippen molar-refractivity contribution in [2.75, 3.05) is 26.7 Å². The van der Waals surface area contributed by atoms with E-state index in [4.69, 9.17) is 4.74 Å². The first-order valence-electron chi connectivity index (χ1n) is 11.3. The minimum atomic E-state index is -1.47. The van der Waals surface area contributed by atoms with E-state index >= 15 is 0 Å². The highest BCUT2D eigenvalue weighted by Gasteiger charge is 2.62. The zero-order chi connectivity index (χ0) is 20.8. The molecule has 0 amide bonds. The third kappa shape index (κ3) is 3.61. The van der Waals surface area contributed by atoms with E-state index in [2.05, 4.69) is 37.4 Å². The molecule has 3 aliphatic rings. The van der Waals surface area contributed by atoms with Gasteiger partial charge in [-0.15, -0.1) is 11.3 Å². The first kappa shape index (κ1) is 20.2. The number of aliphatic hydroxyl groups is 1. The highest BCUT2D eigenvalue weighted by Crippen LogP contribution is 2.54. The monoisotopic (exact) mass is 426 g/mol. The number of nitrogens with zero attached hydrogens (tertiary/aromatic N) is 1. The van der Waals surface area contributed by atoms with Crippen LogP contribution in [-0.4, -0.2) is 42.3 Å². The topological polar surface area (TPSA) is 46.5 Å². The van der Waals surface area contributed by atoms with Crippen molar-refractivity contribution >= 4 is 17.3 Å². The van der Waals surface area contributed by atoms with Crippen molar-refractivity contribution in [3.8, 4) is 0 Å². The smallest absolute Gasteiger partial charge is 0.344 e. The molecule has 0 spiro atoms. The SMILES string of the molecule is C[N+]1(Cc2ccccc2)CC2C(COC(=O)C(O)(c3cccs3)C3CCCC3)C2C1. The molecule has 1 aromatic heterocycles. The first-order valence-corrected chi connectivity index (χ1v) is 12.2. The van der Waals surface area contributed by atoms with Crippen molar-refractivity contribution < 1.29 is 19.1 Å². The van der Waals surface area contributed by atoms with Crippen molar-refractivity contribution in [3.63, 3.8) is 0 Å². The van der Waals surface area contributed by atoms with Crippen LogP contribution in [0.1, 0.15) is 36.1 Å². The number of rotatable bonds is 7. The molecular weight excluding hydrogens is 394 g/mol. The number of piperidine rings is 1. The maximum Gasteiger partial charge on any atom is 0.344 e. The largest absolute Gasteiger partial charge is 0.463 e. The Balaban J connectivity index is 1.18. The molecule has 3 atom stereocenters. The van der Waals surface area contributed by atoms with E-state index in [1.54, 1.807) is 0 Å². The molecular formula is C25H32NO3S+. The summed E-state index contributed by atoms with van der Waals surface area (Å²) in [6.07, 6.45) is 3.95. The average Bonchev–Trinajstić information content (AvgIpc) is 3.30. The number of hydrogen-bond acceptors (Lipinski definition) is 4. The van der Waals surface area contributed by atoms with Gasteiger partial charge >= 0.3 is 5.97 Å². The van der Waals surface area contributed by atoms with E-state index in [9.17, 15) is 9.90 Å². The van der Waals surface area contributed by atoms with E-state index in [1.165, 1.54) is 16.9 Å². The zero-order valence-electron chi connectivity index (χ0n) is 17.7.